The van der Waals surface area contributed by atoms with E-state index in [2.05, 4.69) is 4.90 Å². The van der Waals surface area contributed by atoms with Gasteiger partial charge in [-0.05, 0) is 18.1 Å². The molecule has 2 aromatic carbocycles. The van der Waals surface area contributed by atoms with Gasteiger partial charge >= 0.3 is 0 Å². The van der Waals surface area contributed by atoms with E-state index in [1.807, 2.05) is 41.3 Å². The normalized spacial score (nSPS) is 14.4. The van der Waals surface area contributed by atoms with Crippen LogP contribution >= 0.6 is 0 Å². The predicted molar refractivity (Wildman–Crippen MR) is 96.7 cm³/mol. The van der Waals surface area contributed by atoms with Gasteiger partial charge in [-0.15, -0.1) is 0 Å². The molecule has 1 amide bonds. The summed E-state index contributed by atoms with van der Waals surface area (Å²) < 4.78 is 0. The predicted octanol–water partition coefficient (Wildman–Crippen LogP) is 2.88. The van der Waals surface area contributed by atoms with Crippen molar-refractivity contribution in [1.82, 2.24) is 4.90 Å². The van der Waals surface area contributed by atoms with Crippen LogP contribution < -0.4 is 4.90 Å². The topological polar surface area (TPSA) is 66.7 Å². The van der Waals surface area contributed by atoms with Crippen molar-refractivity contribution >= 4 is 17.3 Å². The van der Waals surface area contributed by atoms with Gasteiger partial charge in [-0.25, -0.2) is 0 Å². The third-order valence-electron chi connectivity index (χ3n) is 4.51. The number of piperazine rings is 1. The molecule has 1 aliphatic rings. The molecule has 0 aliphatic carbocycles. The molecule has 0 radical (unpaired) electrons. The zero-order chi connectivity index (χ0) is 17.6. The monoisotopic (exact) mass is 339 g/mol. The second kappa shape index (κ2) is 7.79. The summed E-state index contributed by atoms with van der Waals surface area (Å²) in [5, 5.41) is 10.9. The van der Waals surface area contributed by atoms with Gasteiger partial charge in [0.15, 0.2) is 0 Å². The largest absolute Gasteiger partial charge is 0.368 e. The van der Waals surface area contributed by atoms with Gasteiger partial charge in [-0.3, -0.25) is 14.9 Å². The van der Waals surface area contributed by atoms with Crippen LogP contribution in [0.3, 0.4) is 0 Å². The molecule has 0 bridgehead atoms. The van der Waals surface area contributed by atoms with Crippen LogP contribution in [-0.4, -0.2) is 41.9 Å². The number of carbonyl (C=O) groups excluding carboxylic acids is 1. The number of hydrogen-bond donors (Lipinski definition) is 0. The quantitative estimate of drug-likeness (QED) is 0.620. The van der Waals surface area contributed by atoms with Crippen molar-refractivity contribution in [3.05, 3.63) is 70.3 Å². The van der Waals surface area contributed by atoms with Gasteiger partial charge in [0.2, 0.25) is 5.91 Å². The van der Waals surface area contributed by atoms with Gasteiger partial charge in [-0.1, -0.05) is 36.4 Å². The van der Waals surface area contributed by atoms with Crippen LogP contribution in [0.5, 0.6) is 0 Å². The zero-order valence-corrected chi connectivity index (χ0v) is 14.0. The number of nitro benzene ring substituents is 1. The Kier molecular flexibility index (Phi) is 5.28. The number of non-ortho nitro benzene ring substituents is 1. The van der Waals surface area contributed by atoms with Crippen molar-refractivity contribution < 1.29 is 9.72 Å². The maximum absolute atomic E-state index is 12.4. The Morgan fingerprint density at radius 1 is 1.00 bits per heavy atom. The van der Waals surface area contributed by atoms with E-state index in [4.69, 9.17) is 0 Å². The third-order valence-corrected chi connectivity index (χ3v) is 4.51. The van der Waals surface area contributed by atoms with E-state index in [1.165, 1.54) is 11.6 Å². The maximum Gasteiger partial charge on any atom is 0.271 e. The molecule has 0 saturated carbocycles. The van der Waals surface area contributed by atoms with E-state index >= 15 is 0 Å². The fourth-order valence-electron chi connectivity index (χ4n) is 3.07. The van der Waals surface area contributed by atoms with E-state index in [0.29, 0.717) is 32.6 Å². The Morgan fingerprint density at radius 2 is 1.72 bits per heavy atom. The van der Waals surface area contributed by atoms with Crippen molar-refractivity contribution in [3.63, 3.8) is 0 Å². The van der Waals surface area contributed by atoms with Gasteiger partial charge in [0.05, 0.1) is 4.92 Å². The highest BCUT2D eigenvalue weighted by molar-refractivity contribution is 5.76. The summed E-state index contributed by atoms with van der Waals surface area (Å²) in [6.45, 7) is 2.68. The van der Waals surface area contributed by atoms with Crippen LogP contribution in [0.25, 0.3) is 0 Å². The van der Waals surface area contributed by atoms with Crippen LogP contribution in [0.4, 0.5) is 11.4 Å². The van der Waals surface area contributed by atoms with Crippen molar-refractivity contribution in [1.29, 1.82) is 0 Å². The molecule has 1 fully saturated rings. The zero-order valence-electron chi connectivity index (χ0n) is 14.0. The molecule has 2 aromatic rings. The number of amides is 1. The molecule has 0 unspecified atom stereocenters. The van der Waals surface area contributed by atoms with Gasteiger partial charge < -0.3 is 9.80 Å². The lowest BCUT2D eigenvalue weighted by atomic mass is 10.1. The average Bonchev–Trinajstić information content (AvgIpc) is 2.67. The summed E-state index contributed by atoms with van der Waals surface area (Å²) in [4.78, 5) is 26.9. The Labute approximate surface area is 146 Å². The maximum atomic E-state index is 12.4. The van der Waals surface area contributed by atoms with Crippen LogP contribution in [0.1, 0.15) is 12.0 Å². The first kappa shape index (κ1) is 17.0. The standard InChI is InChI=1S/C19H21N3O3/c23-19(10-9-16-5-2-1-3-6-16)21-13-11-20(12-14-21)17-7-4-8-18(15-17)22(24)25/h1-8,15H,9-14H2. The first-order valence-corrected chi connectivity index (χ1v) is 8.44. The summed E-state index contributed by atoms with van der Waals surface area (Å²) in [6.07, 6.45) is 1.27. The number of benzene rings is 2. The van der Waals surface area contributed by atoms with Crippen LogP contribution in [0, 0.1) is 10.1 Å². The molecule has 130 valence electrons. The molecular formula is C19H21N3O3. The highest BCUT2D eigenvalue weighted by Crippen LogP contribution is 2.22. The Balaban J connectivity index is 1.52. The molecule has 1 heterocycles. The lowest BCUT2D eigenvalue weighted by molar-refractivity contribution is -0.384. The lowest BCUT2D eigenvalue weighted by Gasteiger charge is -2.36. The summed E-state index contributed by atoms with van der Waals surface area (Å²) in [5.41, 5.74) is 2.11. The van der Waals surface area contributed by atoms with E-state index in [1.54, 1.807) is 12.1 Å². The van der Waals surface area contributed by atoms with Crippen LogP contribution in [-0.2, 0) is 11.2 Å². The van der Waals surface area contributed by atoms with Gasteiger partial charge in [0.1, 0.15) is 0 Å². The van der Waals surface area contributed by atoms with Crippen LogP contribution in [0.15, 0.2) is 54.6 Å². The molecule has 25 heavy (non-hydrogen) atoms. The lowest BCUT2D eigenvalue weighted by Crippen LogP contribution is -2.48. The Hall–Kier alpha value is -2.89. The van der Waals surface area contributed by atoms with Gasteiger partial charge in [0, 0.05) is 50.4 Å². The van der Waals surface area contributed by atoms with E-state index in [0.717, 1.165) is 12.1 Å². The summed E-state index contributed by atoms with van der Waals surface area (Å²) in [6, 6.07) is 16.7. The third kappa shape index (κ3) is 4.35. The SMILES string of the molecule is O=C(CCc1ccccc1)N1CCN(c2cccc([N+](=O)[O-])c2)CC1. The summed E-state index contributed by atoms with van der Waals surface area (Å²) >= 11 is 0. The Bertz CT molecular complexity index is 741. The average molecular weight is 339 g/mol. The Morgan fingerprint density at radius 3 is 2.40 bits per heavy atom. The molecule has 6 heteroatoms. The van der Waals surface area contributed by atoms with Crippen LogP contribution in [0.2, 0.25) is 0 Å². The minimum Gasteiger partial charge on any atom is -0.368 e. The molecule has 3 rings (SSSR count). The molecule has 0 aromatic heterocycles. The molecular weight excluding hydrogens is 318 g/mol. The first-order chi connectivity index (χ1) is 12.1. The number of carbonyl (C=O) groups is 1. The highest BCUT2D eigenvalue weighted by atomic mass is 16.6. The van der Waals surface area contributed by atoms with Crippen molar-refractivity contribution in [3.8, 4) is 0 Å². The number of anilines is 1. The molecule has 1 aliphatic heterocycles. The van der Waals surface area contributed by atoms with Crippen molar-refractivity contribution in [2.45, 2.75) is 12.8 Å². The minimum atomic E-state index is -0.382. The van der Waals surface area contributed by atoms with Crippen molar-refractivity contribution in [2.75, 3.05) is 31.1 Å². The molecule has 6 nitrogen and oxygen atoms in total. The molecule has 0 spiro atoms. The van der Waals surface area contributed by atoms with E-state index in [-0.39, 0.29) is 16.5 Å². The van der Waals surface area contributed by atoms with Gasteiger partial charge in [0.25, 0.3) is 5.69 Å². The number of rotatable bonds is 5. The molecule has 0 atom stereocenters. The summed E-state index contributed by atoms with van der Waals surface area (Å²) in [7, 11) is 0. The number of aryl methyl sites for hydroxylation is 1. The highest BCUT2D eigenvalue weighted by Gasteiger charge is 2.21. The second-order valence-electron chi connectivity index (χ2n) is 6.13. The fraction of sp³-hybridized carbons (Fsp3) is 0.316. The van der Waals surface area contributed by atoms with Crippen molar-refractivity contribution in [2.24, 2.45) is 0 Å². The molecule has 1 saturated heterocycles. The minimum absolute atomic E-state index is 0.0962. The number of nitrogens with zero attached hydrogens (tertiary/aromatic N) is 3. The summed E-state index contributed by atoms with van der Waals surface area (Å²) in [5.74, 6) is 0.169. The number of hydrogen-bond acceptors (Lipinski definition) is 4. The van der Waals surface area contributed by atoms with E-state index in [9.17, 15) is 14.9 Å². The van der Waals surface area contributed by atoms with E-state index < -0.39 is 0 Å². The first-order valence-electron chi connectivity index (χ1n) is 8.44. The number of nitro groups is 1. The fourth-order valence-corrected chi connectivity index (χ4v) is 3.07. The smallest absolute Gasteiger partial charge is 0.271 e. The molecule has 0 N–H and O–H groups in total. The van der Waals surface area contributed by atoms with Gasteiger partial charge in [-0.2, -0.15) is 0 Å². The second-order valence-corrected chi connectivity index (χ2v) is 6.13.